The number of carbonyl (C=O) groups is 3. The van der Waals surface area contributed by atoms with E-state index < -0.39 is 6.10 Å². The molecule has 388 valence electrons. The summed E-state index contributed by atoms with van der Waals surface area (Å²) >= 11 is 0. The first kappa shape index (κ1) is 64.5. The smallest absolute Gasteiger partial charge is 0.306 e. The van der Waals surface area contributed by atoms with Gasteiger partial charge in [-0.15, -0.1) is 0 Å². The fraction of sp³-hybridized carbons (Fsp3) is 0.603. The van der Waals surface area contributed by atoms with Crippen molar-refractivity contribution >= 4 is 17.9 Å². The van der Waals surface area contributed by atoms with E-state index in [9.17, 15) is 14.4 Å². The molecule has 0 aromatic rings. The van der Waals surface area contributed by atoms with Crippen LogP contribution in [0.3, 0.4) is 0 Å². The second-order valence-corrected chi connectivity index (χ2v) is 17.7. The Morgan fingerprint density at radius 1 is 0.304 bits per heavy atom. The lowest BCUT2D eigenvalue weighted by atomic mass is 10.1. The monoisotopic (exact) mass is 953 g/mol. The predicted octanol–water partition coefficient (Wildman–Crippen LogP) is 18.6. The van der Waals surface area contributed by atoms with Crippen LogP contribution in [0.2, 0.25) is 0 Å². The number of carbonyl (C=O) groups excluding carboxylic acids is 3. The minimum Gasteiger partial charge on any atom is -0.462 e. The van der Waals surface area contributed by atoms with Crippen LogP contribution in [0, 0.1) is 0 Å². The van der Waals surface area contributed by atoms with Crippen LogP contribution in [-0.2, 0) is 28.6 Å². The van der Waals surface area contributed by atoms with E-state index in [0.29, 0.717) is 19.3 Å². The maximum atomic E-state index is 12.8. The maximum Gasteiger partial charge on any atom is 0.306 e. The highest BCUT2D eigenvalue weighted by Gasteiger charge is 2.19. The second kappa shape index (κ2) is 56.1. The molecule has 0 aliphatic rings. The zero-order valence-corrected chi connectivity index (χ0v) is 44.3. The average molecular weight is 953 g/mol. The van der Waals surface area contributed by atoms with Crippen LogP contribution in [0.25, 0.3) is 0 Å². The van der Waals surface area contributed by atoms with Crippen LogP contribution in [0.15, 0.2) is 134 Å². The van der Waals surface area contributed by atoms with Gasteiger partial charge in [0.15, 0.2) is 6.10 Å². The molecule has 0 aromatic carbocycles. The third-order valence-corrected chi connectivity index (χ3v) is 11.1. The van der Waals surface area contributed by atoms with Gasteiger partial charge in [-0.1, -0.05) is 212 Å². The van der Waals surface area contributed by atoms with E-state index in [1.807, 2.05) is 0 Å². The zero-order chi connectivity index (χ0) is 50.0. The molecule has 0 rings (SSSR count). The fourth-order valence-electron chi connectivity index (χ4n) is 7.03. The Bertz CT molecular complexity index is 1510. The molecule has 0 N–H and O–H groups in total. The van der Waals surface area contributed by atoms with Gasteiger partial charge in [-0.3, -0.25) is 14.4 Å². The summed E-state index contributed by atoms with van der Waals surface area (Å²) in [7, 11) is 0. The van der Waals surface area contributed by atoms with E-state index in [1.165, 1.54) is 6.42 Å². The Hall–Kier alpha value is -4.45. The summed E-state index contributed by atoms with van der Waals surface area (Å²) in [4.78, 5) is 38.1. The van der Waals surface area contributed by atoms with Crippen LogP contribution >= 0.6 is 0 Å². The summed E-state index contributed by atoms with van der Waals surface area (Å²) in [5.74, 6) is -0.968. The van der Waals surface area contributed by atoms with E-state index in [2.05, 4.69) is 154 Å². The standard InChI is InChI=1S/C63H100O6/c1-4-7-10-13-16-19-22-25-27-28-29-30-31-32-33-34-36-38-41-44-47-50-53-56-62(65)68-59-60(58-67-61(64)55-52-49-46-43-40-37-24-21-18-15-12-9-6-3)69-63(66)57-54-51-48-45-42-39-35-26-23-20-17-14-11-8-5-2/h7-8,10-12,15-17,19-21,24-27,29-30,32-33,35-36,38,60H,4-6,9,13-14,18,22-23,28,31,34,37,39-59H2,1-3H3/b10-7-,11-8-,15-12-,19-16-,20-17-,24-21-,27-25-,30-29-,33-32-,35-26-,38-36-. The van der Waals surface area contributed by atoms with E-state index in [-0.39, 0.29) is 31.1 Å². The first-order chi connectivity index (χ1) is 34.0. The Labute approximate surface area is 424 Å². The van der Waals surface area contributed by atoms with E-state index >= 15 is 0 Å². The Morgan fingerprint density at radius 2 is 0.565 bits per heavy atom. The third-order valence-electron chi connectivity index (χ3n) is 11.1. The van der Waals surface area contributed by atoms with Crippen molar-refractivity contribution in [1.82, 2.24) is 0 Å². The van der Waals surface area contributed by atoms with Crippen molar-refractivity contribution in [2.24, 2.45) is 0 Å². The predicted molar refractivity (Wildman–Crippen MR) is 297 cm³/mol. The largest absolute Gasteiger partial charge is 0.462 e. The van der Waals surface area contributed by atoms with Crippen molar-refractivity contribution in [2.45, 2.75) is 232 Å². The van der Waals surface area contributed by atoms with Gasteiger partial charge in [0.25, 0.3) is 0 Å². The number of rotatable bonds is 48. The molecule has 0 radical (unpaired) electrons. The van der Waals surface area contributed by atoms with E-state index in [0.717, 1.165) is 180 Å². The number of hydrogen-bond donors (Lipinski definition) is 0. The van der Waals surface area contributed by atoms with Crippen LogP contribution in [0.5, 0.6) is 0 Å². The van der Waals surface area contributed by atoms with Crippen molar-refractivity contribution < 1.29 is 28.6 Å². The molecule has 0 aromatic heterocycles. The van der Waals surface area contributed by atoms with Crippen molar-refractivity contribution in [1.29, 1.82) is 0 Å². The van der Waals surface area contributed by atoms with Gasteiger partial charge in [0.1, 0.15) is 13.2 Å². The minimum absolute atomic E-state index is 0.106. The van der Waals surface area contributed by atoms with E-state index in [1.54, 1.807) is 0 Å². The Balaban J connectivity index is 4.47. The van der Waals surface area contributed by atoms with Crippen LogP contribution in [0.1, 0.15) is 226 Å². The topological polar surface area (TPSA) is 78.9 Å². The molecule has 1 atom stereocenters. The van der Waals surface area contributed by atoms with Gasteiger partial charge in [-0.05, 0) is 128 Å². The molecule has 0 amide bonds. The number of unbranched alkanes of at least 4 members (excludes halogenated alkanes) is 15. The highest BCUT2D eigenvalue weighted by molar-refractivity contribution is 5.71. The molecule has 0 aliphatic carbocycles. The minimum atomic E-state index is -0.809. The first-order valence-corrected chi connectivity index (χ1v) is 27.7. The van der Waals surface area contributed by atoms with Gasteiger partial charge in [0, 0.05) is 19.3 Å². The summed E-state index contributed by atoms with van der Waals surface area (Å²) in [5.41, 5.74) is 0. The molecule has 0 bridgehead atoms. The highest BCUT2D eigenvalue weighted by atomic mass is 16.6. The molecule has 0 saturated carbocycles. The molecule has 69 heavy (non-hydrogen) atoms. The summed E-state index contributed by atoms with van der Waals surface area (Å²) < 4.78 is 16.8. The lowest BCUT2D eigenvalue weighted by Crippen LogP contribution is -2.30. The molecule has 1 unspecified atom stereocenters. The summed E-state index contributed by atoms with van der Waals surface area (Å²) in [6.07, 6.45) is 78.6. The number of esters is 3. The first-order valence-electron chi connectivity index (χ1n) is 27.7. The molecule has 0 heterocycles. The van der Waals surface area contributed by atoms with Crippen molar-refractivity contribution in [2.75, 3.05) is 13.2 Å². The number of ether oxygens (including phenoxy) is 3. The maximum absolute atomic E-state index is 12.8. The molecule has 6 heteroatoms. The third kappa shape index (κ3) is 54.4. The second-order valence-electron chi connectivity index (χ2n) is 17.7. The highest BCUT2D eigenvalue weighted by Crippen LogP contribution is 2.13. The summed E-state index contributed by atoms with van der Waals surface area (Å²) in [6.45, 7) is 6.28. The lowest BCUT2D eigenvalue weighted by Gasteiger charge is -2.18. The van der Waals surface area contributed by atoms with Crippen molar-refractivity contribution in [3.63, 3.8) is 0 Å². The summed E-state index contributed by atoms with van der Waals surface area (Å²) in [6, 6.07) is 0. The normalized spacial score (nSPS) is 13.1. The van der Waals surface area contributed by atoms with Crippen molar-refractivity contribution in [3.05, 3.63) is 134 Å². The molecule has 0 spiro atoms. The zero-order valence-electron chi connectivity index (χ0n) is 44.3. The Kier molecular flexibility index (Phi) is 52.5. The molecule has 0 aliphatic heterocycles. The van der Waals surface area contributed by atoms with Gasteiger partial charge in [-0.2, -0.15) is 0 Å². The van der Waals surface area contributed by atoms with Crippen LogP contribution < -0.4 is 0 Å². The number of hydrogen-bond acceptors (Lipinski definition) is 6. The van der Waals surface area contributed by atoms with Gasteiger partial charge in [0.05, 0.1) is 0 Å². The van der Waals surface area contributed by atoms with Crippen LogP contribution in [-0.4, -0.2) is 37.2 Å². The average Bonchev–Trinajstić information content (AvgIpc) is 3.35. The van der Waals surface area contributed by atoms with Gasteiger partial charge >= 0.3 is 17.9 Å². The summed E-state index contributed by atoms with van der Waals surface area (Å²) in [5, 5.41) is 0. The van der Waals surface area contributed by atoms with E-state index in [4.69, 9.17) is 14.2 Å². The van der Waals surface area contributed by atoms with Gasteiger partial charge < -0.3 is 14.2 Å². The Morgan fingerprint density at radius 3 is 0.884 bits per heavy atom. The SMILES string of the molecule is CC/C=C\C/C=C\C/C=C\C/C=C\C/C=C\C/C=C\CCCCCCC(=O)OCC(COC(=O)CCCCCCC/C=C\C/C=C\CCC)OC(=O)CCCCCCC/C=C\C/C=C\C/C=C\CC. The molecular weight excluding hydrogens is 853 g/mol. The van der Waals surface area contributed by atoms with Crippen LogP contribution in [0.4, 0.5) is 0 Å². The number of allylic oxidation sites excluding steroid dienone is 22. The molecular formula is C63H100O6. The molecule has 0 saturated heterocycles. The van der Waals surface area contributed by atoms with Gasteiger partial charge in [-0.25, -0.2) is 0 Å². The van der Waals surface area contributed by atoms with Crippen molar-refractivity contribution in [3.8, 4) is 0 Å². The quantitative estimate of drug-likeness (QED) is 0.0262. The van der Waals surface area contributed by atoms with Gasteiger partial charge in [0.2, 0.25) is 0 Å². The lowest BCUT2D eigenvalue weighted by molar-refractivity contribution is -0.167. The molecule has 0 fully saturated rings. The molecule has 6 nitrogen and oxygen atoms in total. The fourth-order valence-corrected chi connectivity index (χ4v) is 7.03.